The maximum absolute atomic E-state index is 13.7. The quantitative estimate of drug-likeness (QED) is 0.400. The van der Waals surface area contributed by atoms with Crippen LogP contribution in [0.3, 0.4) is 0 Å². The van der Waals surface area contributed by atoms with Crippen molar-refractivity contribution in [2.45, 2.75) is 26.8 Å². The molecule has 0 fully saturated rings. The van der Waals surface area contributed by atoms with Gasteiger partial charge in [0.05, 0.1) is 29.2 Å². The van der Waals surface area contributed by atoms with Crippen LogP contribution in [0, 0.1) is 13.8 Å². The van der Waals surface area contributed by atoms with Crippen molar-refractivity contribution in [2.75, 3.05) is 20.3 Å². The molecule has 0 aliphatic heterocycles. The summed E-state index contributed by atoms with van der Waals surface area (Å²) in [5.41, 5.74) is 3.81. The first-order valence-corrected chi connectivity index (χ1v) is 11.4. The molecule has 0 saturated carbocycles. The number of hydrogen-bond donors (Lipinski definition) is 0. The van der Waals surface area contributed by atoms with E-state index in [2.05, 4.69) is 0 Å². The number of fused-ring (bicyclic) bond motifs is 1. The highest BCUT2D eigenvalue weighted by Gasteiger charge is 2.27. The van der Waals surface area contributed by atoms with Gasteiger partial charge in [-0.3, -0.25) is 14.2 Å². The van der Waals surface area contributed by atoms with E-state index in [0.29, 0.717) is 35.4 Å². The number of hydrogen-bond acceptors (Lipinski definition) is 4. The number of aryl methyl sites for hydroxylation is 2. The Balaban J connectivity index is 1.91. The first-order chi connectivity index (χ1) is 16.4. The molecular formula is C28H29N3O3. The van der Waals surface area contributed by atoms with Crippen molar-refractivity contribution < 1.29 is 9.53 Å². The lowest BCUT2D eigenvalue weighted by Gasteiger charge is -2.31. The molecule has 0 saturated heterocycles. The van der Waals surface area contributed by atoms with Gasteiger partial charge in [0.2, 0.25) is 0 Å². The molecule has 0 aliphatic carbocycles. The van der Waals surface area contributed by atoms with Gasteiger partial charge >= 0.3 is 0 Å². The normalized spacial score (nSPS) is 12.0. The average molecular weight is 456 g/mol. The van der Waals surface area contributed by atoms with Crippen molar-refractivity contribution >= 4 is 16.8 Å². The largest absolute Gasteiger partial charge is 0.383 e. The number of amides is 1. The monoisotopic (exact) mass is 455 g/mol. The van der Waals surface area contributed by atoms with Crippen molar-refractivity contribution in [3.8, 4) is 5.69 Å². The van der Waals surface area contributed by atoms with Crippen LogP contribution in [0.5, 0.6) is 0 Å². The van der Waals surface area contributed by atoms with E-state index in [1.54, 1.807) is 22.6 Å². The zero-order valence-corrected chi connectivity index (χ0v) is 20.0. The fourth-order valence-electron chi connectivity index (χ4n) is 4.14. The lowest BCUT2D eigenvalue weighted by atomic mass is 10.1. The van der Waals surface area contributed by atoms with Gasteiger partial charge in [-0.25, -0.2) is 4.98 Å². The SMILES string of the molecule is COCCN(C(=O)c1ccc(C)cc1)C(C)c1nc2ccccc2c(=O)n1-c1ccccc1C. The average Bonchev–Trinajstić information content (AvgIpc) is 2.85. The summed E-state index contributed by atoms with van der Waals surface area (Å²) in [5, 5.41) is 0.537. The molecule has 0 bridgehead atoms. The van der Waals surface area contributed by atoms with Gasteiger partial charge < -0.3 is 9.64 Å². The number of aromatic nitrogens is 2. The molecule has 1 atom stereocenters. The molecule has 4 rings (SSSR count). The molecule has 0 aliphatic rings. The highest BCUT2D eigenvalue weighted by molar-refractivity contribution is 5.94. The van der Waals surface area contributed by atoms with E-state index >= 15 is 0 Å². The fraction of sp³-hybridized carbons (Fsp3) is 0.250. The van der Waals surface area contributed by atoms with Gasteiger partial charge in [-0.1, -0.05) is 48.0 Å². The van der Waals surface area contributed by atoms with Crippen LogP contribution >= 0.6 is 0 Å². The second kappa shape index (κ2) is 10.0. The Morgan fingerprint density at radius 2 is 1.68 bits per heavy atom. The van der Waals surface area contributed by atoms with Crippen LogP contribution in [0.2, 0.25) is 0 Å². The summed E-state index contributed by atoms with van der Waals surface area (Å²) < 4.78 is 6.95. The van der Waals surface area contributed by atoms with E-state index in [1.807, 2.05) is 87.5 Å². The Morgan fingerprint density at radius 1 is 1.00 bits per heavy atom. The molecular weight excluding hydrogens is 426 g/mol. The Kier molecular flexibility index (Phi) is 6.89. The maximum atomic E-state index is 13.7. The smallest absolute Gasteiger partial charge is 0.266 e. The topological polar surface area (TPSA) is 64.4 Å². The number of methoxy groups -OCH3 is 1. The molecule has 1 unspecified atom stereocenters. The molecule has 1 heterocycles. The lowest BCUT2D eigenvalue weighted by Crippen LogP contribution is -2.39. The van der Waals surface area contributed by atoms with E-state index < -0.39 is 6.04 Å². The second-order valence-electron chi connectivity index (χ2n) is 8.45. The number of carbonyl (C=O) groups excluding carboxylic acids is 1. The standard InChI is InChI=1S/C28H29N3O3/c1-19-13-15-22(16-14-19)27(32)30(17-18-34-4)21(3)26-29-24-11-7-6-10-23(24)28(33)31(26)25-12-8-5-9-20(25)2/h5-16,21H,17-18H2,1-4H3. The second-order valence-corrected chi connectivity index (χ2v) is 8.45. The molecule has 174 valence electrons. The van der Waals surface area contributed by atoms with Crippen LogP contribution in [0.25, 0.3) is 16.6 Å². The summed E-state index contributed by atoms with van der Waals surface area (Å²) in [4.78, 5) is 33.9. The van der Waals surface area contributed by atoms with Crippen LogP contribution in [-0.2, 0) is 4.74 Å². The van der Waals surface area contributed by atoms with Gasteiger partial charge in [-0.2, -0.15) is 0 Å². The minimum atomic E-state index is -0.485. The zero-order valence-electron chi connectivity index (χ0n) is 20.0. The minimum Gasteiger partial charge on any atom is -0.383 e. The molecule has 4 aromatic rings. The maximum Gasteiger partial charge on any atom is 0.266 e. The van der Waals surface area contributed by atoms with Crippen molar-refractivity contribution in [1.29, 1.82) is 0 Å². The van der Waals surface area contributed by atoms with Crippen LogP contribution in [-0.4, -0.2) is 40.6 Å². The van der Waals surface area contributed by atoms with Gasteiger partial charge in [0, 0.05) is 19.2 Å². The third-order valence-electron chi connectivity index (χ3n) is 6.09. The Bertz CT molecular complexity index is 1380. The first-order valence-electron chi connectivity index (χ1n) is 11.4. The lowest BCUT2D eigenvalue weighted by molar-refractivity contribution is 0.0605. The molecule has 0 radical (unpaired) electrons. The predicted molar refractivity (Wildman–Crippen MR) is 135 cm³/mol. The summed E-state index contributed by atoms with van der Waals surface area (Å²) in [6, 6.07) is 22.0. The number of rotatable bonds is 7. The number of para-hydroxylation sites is 2. The van der Waals surface area contributed by atoms with Gasteiger partial charge in [0.15, 0.2) is 0 Å². The van der Waals surface area contributed by atoms with Crippen LogP contribution < -0.4 is 5.56 Å². The first kappa shape index (κ1) is 23.4. The summed E-state index contributed by atoms with van der Waals surface area (Å²) in [7, 11) is 1.61. The molecule has 6 nitrogen and oxygen atoms in total. The van der Waals surface area contributed by atoms with Crippen LogP contribution in [0.1, 0.15) is 40.3 Å². The van der Waals surface area contributed by atoms with Gasteiger partial charge in [0.25, 0.3) is 11.5 Å². The number of nitrogens with zero attached hydrogens (tertiary/aromatic N) is 3. The molecule has 0 spiro atoms. The van der Waals surface area contributed by atoms with E-state index in [-0.39, 0.29) is 11.5 Å². The van der Waals surface area contributed by atoms with Crippen LogP contribution in [0.15, 0.2) is 77.6 Å². The van der Waals surface area contributed by atoms with Gasteiger partial charge in [-0.15, -0.1) is 0 Å². The van der Waals surface area contributed by atoms with Crippen molar-refractivity contribution in [1.82, 2.24) is 14.5 Å². The van der Waals surface area contributed by atoms with Crippen LogP contribution in [0.4, 0.5) is 0 Å². The number of carbonyl (C=O) groups is 1. The minimum absolute atomic E-state index is 0.136. The third kappa shape index (κ3) is 4.50. The predicted octanol–water partition coefficient (Wildman–Crippen LogP) is 4.85. The molecule has 6 heteroatoms. The summed E-state index contributed by atoms with van der Waals surface area (Å²) in [6.45, 7) is 6.59. The third-order valence-corrected chi connectivity index (χ3v) is 6.09. The number of benzene rings is 3. The molecule has 1 amide bonds. The molecule has 3 aromatic carbocycles. The highest BCUT2D eigenvalue weighted by atomic mass is 16.5. The van der Waals surface area contributed by atoms with E-state index in [9.17, 15) is 9.59 Å². The summed E-state index contributed by atoms with van der Waals surface area (Å²) >= 11 is 0. The van der Waals surface area contributed by atoms with E-state index in [0.717, 1.165) is 16.8 Å². The molecule has 0 N–H and O–H groups in total. The van der Waals surface area contributed by atoms with E-state index in [1.165, 1.54) is 0 Å². The zero-order chi connectivity index (χ0) is 24.2. The number of ether oxygens (including phenoxy) is 1. The molecule has 1 aromatic heterocycles. The fourth-order valence-corrected chi connectivity index (χ4v) is 4.14. The van der Waals surface area contributed by atoms with Crippen molar-refractivity contribution in [3.63, 3.8) is 0 Å². The highest BCUT2D eigenvalue weighted by Crippen LogP contribution is 2.25. The van der Waals surface area contributed by atoms with Crippen molar-refractivity contribution in [3.05, 3.63) is 106 Å². The molecule has 34 heavy (non-hydrogen) atoms. The van der Waals surface area contributed by atoms with Crippen molar-refractivity contribution in [2.24, 2.45) is 0 Å². The van der Waals surface area contributed by atoms with Gasteiger partial charge in [0.1, 0.15) is 5.82 Å². The Morgan fingerprint density at radius 3 is 2.38 bits per heavy atom. The summed E-state index contributed by atoms with van der Waals surface area (Å²) in [5.74, 6) is 0.373. The summed E-state index contributed by atoms with van der Waals surface area (Å²) in [6.07, 6.45) is 0. The Labute approximate surface area is 199 Å². The Hall–Kier alpha value is -3.77. The van der Waals surface area contributed by atoms with Gasteiger partial charge in [-0.05, 0) is 56.7 Å². The van der Waals surface area contributed by atoms with E-state index in [4.69, 9.17) is 9.72 Å².